The van der Waals surface area contributed by atoms with Crippen molar-refractivity contribution in [3.63, 3.8) is 0 Å². The van der Waals surface area contributed by atoms with Gasteiger partial charge in [-0.25, -0.2) is 4.98 Å². The number of rotatable bonds is 6. The summed E-state index contributed by atoms with van der Waals surface area (Å²) >= 11 is 0. The molecule has 2 heterocycles. The Balaban J connectivity index is 1.49. The second-order valence-electron chi connectivity index (χ2n) is 6.39. The first-order valence-corrected chi connectivity index (χ1v) is 8.95. The Morgan fingerprint density at radius 2 is 1.81 bits per heavy atom. The van der Waals surface area contributed by atoms with Crippen molar-refractivity contribution in [2.75, 3.05) is 19.7 Å². The van der Waals surface area contributed by atoms with Crippen LogP contribution >= 0.6 is 0 Å². The lowest BCUT2D eigenvalue weighted by molar-refractivity contribution is -0.141. The van der Waals surface area contributed by atoms with E-state index in [1.807, 2.05) is 31.2 Å². The van der Waals surface area contributed by atoms with Gasteiger partial charge >= 0.3 is 12.2 Å². The molecule has 1 aromatic carbocycles. The average Bonchev–Trinajstić information content (AvgIpc) is 2.65. The van der Waals surface area contributed by atoms with Crippen LogP contribution in [0.25, 0.3) is 0 Å². The molecule has 0 saturated carbocycles. The Hall–Kier alpha value is -2.35. The van der Waals surface area contributed by atoms with Gasteiger partial charge in [-0.05, 0) is 43.5 Å². The van der Waals surface area contributed by atoms with Crippen molar-refractivity contribution in [2.24, 2.45) is 0 Å². The monoisotopic (exact) mass is 381 g/mol. The summed E-state index contributed by atoms with van der Waals surface area (Å²) in [6, 6.07) is 8.63. The molecule has 0 atom stereocenters. The van der Waals surface area contributed by atoms with Crippen LogP contribution in [0.2, 0.25) is 0 Å². The first-order chi connectivity index (χ1) is 12.9. The molecule has 1 aromatic heterocycles. The van der Waals surface area contributed by atoms with Crippen molar-refractivity contribution >= 4 is 0 Å². The molecule has 0 spiro atoms. The summed E-state index contributed by atoms with van der Waals surface area (Å²) in [5, 5.41) is 0. The van der Waals surface area contributed by atoms with Gasteiger partial charge < -0.3 is 9.47 Å². The Bertz CT molecular complexity index is 730. The molecule has 8 heteroatoms. The van der Waals surface area contributed by atoms with E-state index in [2.05, 4.69) is 14.9 Å². The lowest BCUT2D eigenvalue weighted by Gasteiger charge is -2.31. The zero-order chi connectivity index (χ0) is 19.3. The molecule has 0 bridgehead atoms. The molecule has 3 rings (SSSR count). The maximum absolute atomic E-state index is 12.7. The number of ether oxygens (including phenoxy) is 2. The molecule has 0 N–H and O–H groups in total. The van der Waals surface area contributed by atoms with Gasteiger partial charge in [0.15, 0.2) is 5.69 Å². The van der Waals surface area contributed by atoms with Gasteiger partial charge in [-0.3, -0.25) is 4.90 Å². The molecule has 1 aliphatic heterocycles. The van der Waals surface area contributed by atoms with E-state index in [1.54, 1.807) is 0 Å². The number of hydrogen-bond acceptors (Lipinski definition) is 5. The van der Waals surface area contributed by atoms with Gasteiger partial charge in [-0.15, -0.1) is 0 Å². The van der Waals surface area contributed by atoms with E-state index >= 15 is 0 Å². The molecule has 1 fully saturated rings. The molecule has 0 aliphatic carbocycles. The third-order valence-corrected chi connectivity index (χ3v) is 4.37. The normalized spacial score (nSPS) is 16.3. The molecular formula is C19H22F3N3O2. The fraction of sp³-hybridized carbons (Fsp3) is 0.474. The van der Waals surface area contributed by atoms with Crippen molar-refractivity contribution in [2.45, 2.75) is 38.6 Å². The third-order valence-electron chi connectivity index (χ3n) is 4.37. The summed E-state index contributed by atoms with van der Waals surface area (Å²) in [5.41, 5.74) is 0.208. The second-order valence-corrected chi connectivity index (χ2v) is 6.39. The van der Waals surface area contributed by atoms with Crippen molar-refractivity contribution in [1.82, 2.24) is 14.9 Å². The zero-order valence-electron chi connectivity index (χ0n) is 15.1. The van der Waals surface area contributed by atoms with Crippen LogP contribution in [-0.2, 0) is 12.7 Å². The first-order valence-electron chi connectivity index (χ1n) is 8.95. The third kappa shape index (κ3) is 5.56. The van der Waals surface area contributed by atoms with Gasteiger partial charge in [0.1, 0.15) is 11.9 Å². The minimum absolute atomic E-state index is 0.176. The van der Waals surface area contributed by atoms with E-state index in [4.69, 9.17) is 9.47 Å². The molecule has 1 aliphatic rings. The molecule has 146 valence electrons. The number of piperidine rings is 1. The highest BCUT2D eigenvalue weighted by molar-refractivity contribution is 5.27. The highest BCUT2D eigenvalue weighted by Crippen LogP contribution is 2.28. The van der Waals surface area contributed by atoms with Crippen LogP contribution in [0.4, 0.5) is 13.2 Å². The number of aromatic nitrogens is 2. The van der Waals surface area contributed by atoms with Crippen LogP contribution in [0.15, 0.2) is 36.5 Å². The van der Waals surface area contributed by atoms with Crippen molar-refractivity contribution in [1.29, 1.82) is 0 Å². The predicted molar refractivity (Wildman–Crippen MR) is 93.6 cm³/mol. The highest BCUT2D eigenvalue weighted by Gasteiger charge is 2.33. The van der Waals surface area contributed by atoms with E-state index in [9.17, 15) is 13.2 Å². The zero-order valence-corrected chi connectivity index (χ0v) is 15.1. The first kappa shape index (κ1) is 19.4. The molecule has 5 nitrogen and oxygen atoms in total. The molecule has 0 amide bonds. The lowest BCUT2D eigenvalue weighted by Crippen LogP contribution is -2.38. The number of benzene rings is 1. The van der Waals surface area contributed by atoms with E-state index in [-0.39, 0.29) is 12.1 Å². The van der Waals surface area contributed by atoms with Gasteiger partial charge in [0.05, 0.1) is 6.61 Å². The van der Waals surface area contributed by atoms with E-state index in [0.29, 0.717) is 6.61 Å². The van der Waals surface area contributed by atoms with Gasteiger partial charge in [0.2, 0.25) is 0 Å². The molecule has 2 aromatic rings. The van der Waals surface area contributed by atoms with Crippen LogP contribution < -0.4 is 9.47 Å². The number of likely N-dealkylation sites (tertiary alicyclic amines) is 1. The summed E-state index contributed by atoms with van der Waals surface area (Å²) in [5.74, 6) is 0.856. The SMILES string of the molecule is CCOc1ccc(CN2CCC(Oc3nccc(C(F)(F)F)n3)CC2)cc1. The van der Waals surface area contributed by atoms with E-state index in [0.717, 1.165) is 50.5 Å². The standard InChI is InChI=1S/C19H22F3N3O2/c1-2-26-15-5-3-14(4-6-15)13-25-11-8-16(9-12-25)27-18-23-10-7-17(24-18)19(20,21)22/h3-7,10,16H,2,8-9,11-13H2,1H3. The predicted octanol–water partition coefficient (Wildman–Crippen LogP) is 3.94. The van der Waals surface area contributed by atoms with Crippen molar-refractivity contribution in [3.05, 3.63) is 47.8 Å². The van der Waals surface area contributed by atoms with Crippen LogP contribution in [0.1, 0.15) is 31.0 Å². The van der Waals surface area contributed by atoms with E-state index < -0.39 is 11.9 Å². The average molecular weight is 381 g/mol. The van der Waals surface area contributed by atoms with Crippen LogP contribution in [0.5, 0.6) is 11.8 Å². The summed E-state index contributed by atoms with van der Waals surface area (Å²) in [4.78, 5) is 9.56. The minimum atomic E-state index is -4.50. The Labute approximate surface area is 156 Å². The fourth-order valence-electron chi connectivity index (χ4n) is 3.01. The van der Waals surface area contributed by atoms with Crippen LogP contribution in [0, 0.1) is 0 Å². The largest absolute Gasteiger partial charge is 0.494 e. The summed E-state index contributed by atoms with van der Waals surface area (Å²) in [6.45, 7) is 5.01. The summed E-state index contributed by atoms with van der Waals surface area (Å²) < 4.78 is 49.1. The fourth-order valence-corrected chi connectivity index (χ4v) is 3.01. The van der Waals surface area contributed by atoms with Crippen molar-refractivity contribution in [3.8, 4) is 11.8 Å². The topological polar surface area (TPSA) is 47.5 Å². The molecule has 27 heavy (non-hydrogen) atoms. The van der Waals surface area contributed by atoms with Gasteiger partial charge in [0.25, 0.3) is 0 Å². The molecular weight excluding hydrogens is 359 g/mol. The number of alkyl halides is 3. The van der Waals surface area contributed by atoms with Crippen LogP contribution in [-0.4, -0.2) is 40.7 Å². The number of hydrogen-bond donors (Lipinski definition) is 0. The maximum Gasteiger partial charge on any atom is 0.433 e. The van der Waals surface area contributed by atoms with Crippen molar-refractivity contribution < 1.29 is 22.6 Å². The van der Waals surface area contributed by atoms with Crippen LogP contribution in [0.3, 0.4) is 0 Å². The molecule has 0 radical (unpaired) electrons. The van der Waals surface area contributed by atoms with Gasteiger partial charge in [0, 0.05) is 25.8 Å². The second kappa shape index (κ2) is 8.56. The smallest absolute Gasteiger partial charge is 0.433 e. The minimum Gasteiger partial charge on any atom is -0.494 e. The number of nitrogens with zero attached hydrogens (tertiary/aromatic N) is 3. The maximum atomic E-state index is 12.7. The highest BCUT2D eigenvalue weighted by atomic mass is 19.4. The van der Waals surface area contributed by atoms with E-state index in [1.165, 1.54) is 5.56 Å². The van der Waals surface area contributed by atoms with Gasteiger partial charge in [-0.2, -0.15) is 18.2 Å². The van der Waals surface area contributed by atoms with Gasteiger partial charge in [-0.1, -0.05) is 12.1 Å². The summed E-state index contributed by atoms with van der Waals surface area (Å²) in [7, 11) is 0. The Morgan fingerprint density at radius 3 is 2.44 bits per heavy atom. The summed E-state index contributed by atoms with van der Waals surface area (Å²) in [6.07, 6.45) is -2.16. The quantitative estimate of drug-likeness (QED) is 0.759. The molecule has 0 unspecified atom stereocenters. The molecule has 1 saturated heterocycles. The lowest BCUT2D eigenvalue weighted by atomic mass is 10.1. The number of halogens is 3. The Morgan fingerprint density at radius 1 is 1.11 bits per heavy atom. The Kier molecular flexibility index (Phi) is 6.15.